The number of fused-ring (bicyclic) bond motifs is 1. The van der Waals surface area contributed by atoms with Gasteiger partial charge in [-0.1, -0.05) is 11.6 Å². The maximum atomic E-state index is 12.5. The van der Waals surface area contributed by atoms with Gasteiger partial charge in [-0.2, -0.15) is 0 Å². The molecule has 1 fully saturated rings. The normalized spacial score (nSPS) is 15.2. The second kappa shape index (κ2) is 4.82. The van der Waals surface area contributed by atoms with Gasteiger partial charge in [0.05, 0.1) is 10.5 Å². The fourth-order valence-electron chi connectivity index (χ4n) is 2.59. The highest BCUT2D eigenvalue weighted by Crippen LogP contribution is 2.26. The smallest absolute Gasteiger partial charge is 0.254 e. The summed E-state index contributed by atoms with van der Waals surface area (Å²) in [4.78, 5) is 18.7. The molecule has 1 aliphatic heterocycles. The Kier molecular flexibility index (Phi) is 3.15. The van der Waals surface area contributed by atoms with Crippen molar-refractivity contribution >= 4 is 28.4 Å². The number of rotatable bonds is 1. The van der Waals surface area contributed by atoms with Gasteiger partial charge in [-0.05, 0) is 43.5 Å². The minimum absolute atomic E-state index is 0.110. The predicted molar refractivity (Wildman–Crippen MR) is 76.6 cm³/mol. The van der Waals surface area contributed by atoms with Gasteiger partial charge in [0.25, 0.3) is 5.91 Å². The van der Waals surface area contributed by atoms with Gasteiger partial charge in [0, 0.05) is 30.2 Å². The summed E-state index contributed by atoms with van der Waals surface area (Å²) in [5.74, 6) is 0.110. The third-order valence-electron chi connectivity index (χ3n) is 3.66. The minimum atomic E-state index is 0.110. The molecule has 0 saturated carbocycles. The Labute approximate surface area is 117 Å². The molecule has 0 radical (unpaired) electrons. The summed E-state index contributed by atoms with van der Waals surface area (Å²) in [6.45, 7) is 3.67. The molecule has 4 heteroatoms. The van der Waals surface area contributed by atoms with Crippen molar-refractivity contribution in [2.24, 2.45) is 0 Å². The number of aryl methyl sites for hydroxylation is 1. The molecule has 1 aromatic carbocycles. The summed E-state index contributed by atoms with van der Waals surface area (Å²) >= 11 is 6.15. The van der Waals surface area contributed by atoms with Crippen LogP contribution in [0.5, 0.6) is 0 Å². The molecule has 0 N–H and O–H groups in total. The highest BCUT2D eigenvalue weighted by atomic mass is 35.5. The standard InChI is InChI=1S/C15H15ClN2O/c1-10-8-12-13(16)4-5-17-14(12)9-11(10)15(19)18-6-2-3-7-18/h4-5,8-9H,2-3,6-7H2,1H3. The Balaban J connectivity index is 2.08. The van der Waals surface area contributed by atoms with E-state index >= 15 is 0 Å². The Morgan fingerprint density at radius 2 is 2.05 bits per heavy atom. The van der Waals surface area contributed by atoms with Crippen LogP contribution in [0.25, 0.3) is 10.9 Å². The van der Waals surface area contributed by atoms with Crippen molar-refractivity contribution in [3.8, 4) is 0 Å². The number of carbonyl (C=O) groups excluding carboxylic acids is 1. The molecule has 0 atom stereocenters. The molecule has 1 saturated heterocycles. The van der Waals surface area contributed by atoms with Gasteiger partial charge in [-0.15, -0.1) is 0 Å². The topological polar surface area (TPSA) is 33.2 Å². The van der Waals surface area contributed by atoms with Gasteiger partial charge >= 0.3 is 0 Å². The Bertz CT molecular complexity index is 648. The lowest BCUT2D eigenvalue weighted by atomic mass is 10.0. The van der Waals surface area contributed by atoms with E-state index in [9.17, 15) is 4.79 Å². The van der Waals surface area contributed by atoms with E-state index < -0.39 is 0 Å². The van der Waals surface area contributed by atoms with Crippen LogP contribution < -0.4 is 0 Å². The third-order valence-corrected chi connectivity index (χ3v) is 3.99. The second-order valence-corrected chi connectivity index (χ2v) is 5.38. The molecule has 3 nitrogen and oxygen atoms in total. The van der Waals surface area contributed by atoms with Crippen molar-refractivity contribution in [3.63, 3.8) is 0 Å². The number of halogens is 1. The SMILES string of the molecule is Cc1cc2c(Cl)ccnc2cc1C(=O)N1CCCC1. The van der Waals surface area contributed by atoms with E-state index in [1.807, 2.05) is 24.0 Å². The lowest BCUT2D eigenvalue weighted by Crippen LogP contribution is -2.28. The van der Waals surface area contributed by atoms with E-state index in [0.717, 1.165) is 48.0 Å². The second-order valence-electron chi connectivity index (χ2n) is 4.98. The molecule has 1 amide bonds. The fraction of sp³-hybridized carbons (Fsp3) is 0.333. The summed E-state index contributed by atoms with van der Waals surface area (Å²) in [5, 5.41) is 1.58. The zero-order chi connectivity index (χ0) is 13.4. The molecule has 0 bridgehead atoms. The molecule has 98 valence electrons. The van der Waals surface area contributed by atoms with Crippen molar-refractivity contribution < 1.29 is 4.79 Å². The molecular formula is C15H15ClN2O. The van der Waals surface area contributed by atoms with E-state index in [-0.39, 0.29) is 5.91 Å². The third kappa shape index (κ3) is 2.19. The first kappa shape index (κ1) is 12.4. The number of carbonyl (C=O) groups is 1. The Hall–Kier alpha value is -1.61. The van der Waals surface area contributed by atoms with Crippen LogP contribution >= 0.6 is 11.6 Å². The quantitative estimate of drug-likeness (QED) is 0.798. The molecule has 0 unspecified atom stereocenters. The highest BCUT2D eigenvalue weighted by molar-refractivity contribution is 6.35. The van der Waals surface area contributed by atoms with Crippen LogP contribution in [-0.2, 0) is 0 Å². The molecule has 2 aromatic rings. The summed E-state index contributed by atoms with van der Waals surface area (Å²) in [7, 11) is 0. The van der Waals surface area contributed by atoms with Crippen molar-refractivity contribution in [1.82, 2.24) is 9.88 Å². The molecule has 19 heavy (non-hydrogen) atoms. The van der Waals surface area contributed by atoms with Gasteiger partial charge in [-0.25, -0.2) is 0 Å². The number of hydrogen-bond donors (Lipinski definition) is 0. The number of amides is 1. The van der Waals surface area contributed by atoms with E-state index in [1.54, 1.807) is 12.3 Å². The van der Waals surface area contributed by atoms with Gasteiger partial charge in [0.1, 0.15) is 0 Å². The number of nitrogens with zero attached hydrogens (tertiary/aromatic N) is 2. The number of benzene rings is 1. The van der Waals surface area contributed by atoms with Crippen LogP contribution in [0.4, 0.5) is 0 Å². The molecule has 1 aliphatic rings. The molecule has 1 aromatic heterocycles. The highest BCUT2D eigenvalue weighted by Gasteiger charge is 2.21. The summed E-state index contributed by atoms with van der Waals surface area (Å²) in [6.07, 6.45) is 3.87. The lowest BCUT2D eigenvalue weighted by molar-refractivity contribution is 0.0792. The Morgan fingerprint density at radius 3 is 2.79 bits per heavy atom. The number of hydrogen-bond acceptors (Lipinski definition) is 2. The maximum absolute atomic E-state index is 12.5. The summed E-state index contributed by atoms with van der Waals surface area (Å²) in [6, 6.07) is 5.58. The number of likely N-dealkylation sites (tertiary alicyclic amines) is 1. The largest absolute Gasteiger partial charge is 0.339 e. The van der Waals surface area contributed by atoms with Crippen molar-refractivity contribution in [2.45, 2.75) is 19.8 Å². The van der Waals surface area contributed by atoms with Crippen LogP contribution in [0.2, 0.25) is 5.02 Å². The van der Waals surface area contributed by atoms with Gasteiger partial charge in [0.15, 0.2) is 0 Å². The zero-order valence-corrected chi connectivity index (χ0v) is 11.6. The Morgan fingerprint density at radius 1 is 1.32 bits per heavy atom. The number of pyridine rings is 1. The van der Waals surface area contributed by atoms with E-state index in [1.165, 1.54) is 0 Å². The average Bonchev–Trinajstić information content (AvgIpc) is 2.92. The maximum Gasteiger partial charge on any atom is 0.254 e. The van der Waals surface area contributed by atoms with E-state index in [2.05, 4.69) is 4.98 Å². The first-order valence-corrected chi connectivity index (χ1v) is 6.89. The zero-order valence-electron chi connectivity index (χ0n) is 10.8. The van der Waals surface area contributed by atoms with Gasteiger partial charge in [-0.3, -0.25) is 9.78 Å². The van der Waals surface area contributed by atoms with Crippen molar-refractivity contribution in [1.29, 1.82) is 0 Å². The van der Waals surface area contributed by atoms with Crippen molar-refractivity contribution in [2.75, 3.05) is 13.1 Å². The van der Waals surface area contributed by atoms with Gasteiger partial charge < -0.3 is 4.90 Å². The van der Waals surface area contributed by atoms with E-state index in [0.29, 0.717) is 5.02 Å². The molecular weight excluding hydrogens is 260 g/mol. The summed E-state index contributed by atoms with van der Waals surface area (Å²) in [5.41, 5.74) is 2.48. The first-order chi connectivity index (χ1) is 9.16. The number of aromatic nitrogens is 1. The minimum Gasteiger partial charge on any atom is -0.339 e. The van der Waals surface area contributed by atoms with Gasteiger partial charge in [0.2, 0.25) is 0 Å². The molecule has 2 heterocycles. The lowest BCUT2D eigenvalue weighted by Gasteiger charge is -2.17. The van der Waals surface area contributed by atoms with E-state index in [4.69, 9.17) is 11.6 Å². The van der Waals surface area contributed by atoms with Crippen LogP contribution in [-0.4, -0.2) is 28.9 Å². The fourth-order valence-corrected chi connectivity index (χ4v) is 2.80. The monoisotopic (exact) mass is 274 g/mol. The van der Waals surface area contributed by atoms with Crippen LogP contribution in [0.1, 0.15) is 28.8 Å². The van der Waals surface area contributed by atoms with Crippen LogP contribution in [0.3, 0.4) is 0 Å². The van der Waals surface area contributed by atoms with Crippen LogP contribution in [0, 0.1) is 6.92 Å². The van der Waals surface area contributed by atoms with Crippen molar-refractivity contribution in [3.05, 3.63) is 40.5 Å². The van der Waals surface area contributed by atoms with Crippen LogP contribution in [0.15, 0.2) is 24.4 Å². The summed E-state index contributed by atoms with van der Waals surface area (Å²) < 4.78 is 0. The average molecular weight is 275 g/mol. The molecule has 0 aliphatic carbocycles. The molecule has 0 spiro atoms. The predicted octanol–water partition coefficient (Wildman–Crippen LogP) is 3.43. The first-order valence-electron chi connectivity index (χ1n) is 6.51. The molecule has 3 rings (SSSR count).